The number of aliphatic imine (C=N–C) groups is 1. The SMILES string of the molecule is C/C=C1/C(=O)C=CNC1=NC1CC1C. The molecule has 0 aromatic carbocycles. The minimum Gasteiger partial charge on any atom is -0.346 e. The quantitative estimate of drug-likeness (QED) is 0.635. The summed E-state index contributed by atoms with van der Waals surface area (Å²) in [6, 6.07) is 0.409. The van der Waals surface area contributed by atoms with Crippen LogP contribution in [0.3, 0.4) is 0 Å². The van der Waals surface area contributed by atoms with E-state index in [1.807, 2.05) is 13.0 Å². The third-order valence-electron chi connectivity index (χ3n) is 2.63. The lowest BCUT2D eigenvalue weighted by Gasteiger charge is -2.12. The van der Waals surface area contributed by atoms with Crippen LogP contribution in [0.5, 0.6) is 0 Å². The van der Waals surface area contributed by atoms with Crippen molar-refractivity contribution in [2.75, 3.05) is 0 Å². The van der Waals surface area contributed by atoms with E-state index >= 15 is 0 Å². The van der Waals surface area contributed by atoms with Crippen LogP contribution in [0, 0.1) is 5.92 Å². The predicted molar refractivity (Wildman–Crippen MR) is 56.0 cm³/mol. The zero-order chi connectivity index (χ0) is 10.1. The Morgan fingerprint density at radius 3 is 2.93 bits per heavy atom. The highest BCUT2D eigenvalue weighted by molar-refractivity contribution is 6.27. The summed E-state index contributed by atoms with van der Waals surface area (Å²) in [6.07, 6.45) is 6.14. The molecule has 14 heavy (non-hydrogen) atoms. The number of carbonyl (C=O) groups is 1. The molecule has 1 fully saturated rings. The summed E-state index contributed by atoms with van der Waals surface area (Å²) in [7, 11) is 0. The average molecular weight is 190 g/mol. The predicted octanol–water partition coefficient (Wildman–Crippen LogP) is 1.43. The van der Waals surface area contributed by atoms with Crippen molar-refractivity contribution in [2.24, 2.45) is 10.9 Å². The number of ketones is 1. The normalized spacial score (nSPS) is 36.3. The summed E-state index contributed by atoms with van der Waals surface area (Å²) in [5.41, 5.74) is 0.687. The van der Waals surface area contributed by atoms with Gasteiger partial charge in [0, 0.05) is 12.3 Å². The van der Waals surface area contributed by atoms with Crippen molar-refractivity contribution in [3.63, 3.8) is 0 Å². The van der Waals surface area contributed by atoms with Gasteiger partial charge in [0.15, 0.2) is 5.78 Å². The monoisotopic (exact) mass is 190 g/mol. The van der Waals surface area contributed by atoms with Crippen LogP contribution in [0.25, 0.3) is 0 Å². The van der Waals surface area contributed by atoms with Crippen LogP contribution in [-0.2, 0) is 4.79 Å². The molecule has 74 valence electrons. The van der Waals surface area contributed by atoms with Crippen molar-refractivity contribution in [3.8, 4) is 0 Å². The van der Waals surface area contributed by atoms with Crippen molar-refractivity contribution in [2.45, 2.75) is 26.3 Å². The van der Waals surface area contributed by atoms with Gasteiger partial charge < -0.3 is 5.32 Å². The summed E-state index contributed by atoms with van der Waals surface area (Å²) in [5.74, 6) is 1.44. The minimum absolute atomic E-state index is 0.0401. The number of nitrogens with one attached hydrogen (secondary N) is 1. The maximum absolute atomic E-state index is 11.4. The second-order valence-corrected chi connectivity index (χ2v) is 3.80. The fourth-order valence-corrected chi connectivity index (χ4v) is 1.51. The molecule has 0 amide bonds. The van der Waals surface area contributed by atoms with Gasteiger partial charge in [-0.05, 0) is 19.3 Å². The fraction of sp³-hybridized carbons (Fsp3) is 0.455. The summed E-state index contributed by atoms with van der Waals surface area (Å²) >= 11 is 0. The van der Waals surface area contributed by atoms with Gasteiger partial charge in [0.05, 0.1) is 11.6 Å². The molecule has 1 aliphatic carbocycles. The van der Waals surface area contributed by atoms with E-state index < -0.39 is 0 Å². The van der Waals surface area contributed by atoms with E-state index in [1.54, 1.807) is 6.20 Å². The van der Waals surface area contributed by atoms with E-state index in [1.165, 1.54) is 6.08 Å². The van der Waals surface area contributed by atoms with E-state index in [2.05, 4.69) is 17.2 Å². The molecule has 0 radical (unpaired) electrons. The number of nitrogens with zero attached hydrogens (tertiary/aromatic N) is 1. The van der Waals surface area contributed by atoms with Crippen molar-refractivity contribution in [1.82, 2.24) is 5.32 Å². The second kappa shape index (κ2) is 3.40. The average Bonchev–Trinajstić information content (AvgIpc) is 2.82. The second-order valence-electron chi connectivity index (χ2n) is 3.80. The van der Waals surface area contributed by atoms with E-state index in [0.717, 1.165) is 12.3 Å². The summed E-state index contributed by atoms with van der Waals surface area (Å²) in [6.45, 7) is 4.03. The largest absolute Gasteiger partial charge is 0.346 e. The first-order chi connectivity index (χ1) is 6.72. The third kappa shape index (κ3) is 1.62. The highest BCUT2D eigenvalue weighted by Gasteiger charge is 2.33. The molecule has 3 nitrogen and oxygen atoms in total. The number of allylic oxidation sites excluding steroid dienone is 2. The molecular formula is C11H14N2O. The Balaban J connectivity index is 2.22. The Hall–Kier alpha value is -1.38. The molecule has 0 saturated heterocycles. The van der Waals surface area contributed by atoms with Gasteiger partial charge >= 0.3 is 0 Å². The Bertz CT molecular complexity index is 352. The fourth-order valence-electron chi connectivity index (χ4n) is 1.51. The zero-order valence-electron chi connectivity index (χ0n) is 8.45. The smallest absolute Gasteiger partial charge is 0.190 e. The Morgan fingerprint density at radius 2 is 2.36 bits per heavy atom. The van der Waals surface area contributed by atoms with E-state index in [0.29, 0.717) is 17.5 Å². The lowest BCUT2D eigenvalue weighted by Crippen LogP contribution is -2.28. The number of amidine groups is 1. The lowest BCUT2D eigenvalue weighted by atomic mass is 10.1. The van der Waals surface area contributed by atoms with E-state index in [4.69, 9.17) is 0 Å². The molecule has 2 aliphatic rings. The molecular weight excluding hydrogens is 176 g/mol. The van der Waals surface area contributed by atoms with Gasteiger partial charge in [-0.3, -0.25) is 9.79 Å². The molecule has 1 N–H and O–H groups in total. The van der Waals surface area contributed by atoms with Gasteiger partial charge in [-0.25, -0.2) is 0 Å². The molecule has 2 unspecified atom stereocenters. The number of hydrogen-bond acceptors (Lipinski definition) is 2. The number of hydrogen-bond donors (Lipinski definition) is 1. The molecule has 2 atom stereocenters. The van der Waals surface area contributed by atoms with Gasteiger partial charge in [-0.15, -0.1) is 0 Å². The van der Waals surface area contributed by atoms with Crippen LogP contribution >= 0.6 is 0 Å². The van der Waals surface area contributed by atoms with Crippen LogP contribution in [0.15, 0.2) is 28.9 Å². The van der Waals surface area contributed by atoms with Crippen LogP contribution < -0.4 is 5.32 Å². The van der Waals surface area contributed by atoms with Gasteiger partial charge in [-0.2, -0.15) is 0 Å². The maximum atomic E-state index is 11.4. The van der Waals surface area contributed by atoms with Crippen LogP contribution in [0.4, 0.5) is 0 Å². The number of carbonyl (C=O) groups excluding carboxylic acids is 1. The highest BCUT2D eigenvalue weighted by atomic mass is 16.1. The van der Waals surface area contributed by atoms with Crippen molar-refractivity contribution in [1.29, 1.82) is 0 Å². The summed E-state index contributed by atoms with van der Waals surface area (Å²) in [4.78, 5) is 15.9. The van der Waals surface area contributed by atoms with Crippen molar-refractivity contribution < 1.29 is 4.79 Å². The lowest BCUT2D eigenvalue weighted by molar-refractivity contribution is -0.111. The van der Waals surface area contributed by atoms with Crippen LogP contribution in [0.2, 0.25) is 0 Å². The molecule has 1 aliphatic heterocycles. The van der Waals surface area contributed by atoms with Crippen molar-refractivity contribution in [3.05, 3.63) is 23.9 Å². The van der Waals surface area contributed by atoms with E-state index in [9.17, 15) is 4.79 Å². The molecule has 0 aromatic heterocycles. The third-order valence-corrected chi connectivity index (χ3v) is 2.63. The first-order valence-corrected chi connectivity index (χ1v) is 4.94. The van der Waals surface area contributed by atoms with Gasteiger partial charge in [0.2, 0.25) is 0 Å². The molecule has 2 rings (SSSR count). The van der Waals surface area contributed by atoms with Crippen LogP contribution in [-0.4, -0.2) is 17.7 Å². The standard InChI is InChI=1S/C11H14N2O/c1-3-8-10(14)4-5-12-11(8)13-9-6-7(9)2/h3-5,7,9H,6H2,1-2H3,(H,12,13)/b8-3-. The topological polar surface area (TPSA) is 41.5 Å². The van der Waals surface area contributed by atoms with Gasteiger partial charge in [0.1, 0.15) is 5.84 Å². The molecule has 3 heteroatoms. The number of rotatable bonds is 1. The Kier molecular flexibility index (Phi) is 2.23. The first-order valence-electron chi connectivity index (χ1n) is 4.94. The summed E-state index contributed by atoms with van der Waals surface area (Å²) in [5, 5.41) is 3.02. The van der Waals surface area contributed by atoms with Crippen molar-refractivity contribution >= 4 is 11.6 Å². The maximum Gasteiger partial charge on any atom is 0.190 e. The van der Waals surface area contributed by atoms with Crippen LogP contribution in [0.1, 0.15) is 20.3 Å². The molecule has 0 aromatic rings. The molecule has 1 heterocycles. The Morgan fingerprint density at radius 1 is 1.64 bits per heavy atom. The zero-order valence-corrected chi connectivity index (χ0v) is 8.45. The minimum atomic E-state index is 0.0401. The Labute approximate surface area is 83.6 Å². The molecule has 0 spiro atoms. The van der Waals surface area contributed by atoms with E-state index in [-0.39, 0.29) is 5.78 Å². The van der Waals surface area contributed by atoms with Gasteiger partial charge in [-0.1, -0.05) is 13.0 Å². The van der Waals surface area contributed by atoms with Gasteiger partial charge in [0.25, 0.3) is 0 Å². The highest BCUT2D eigenvalue weighted by Crippen LogP contribution is 2.33. The first kappa shape index (κ1) is 9.19. The molecule has 0 bridgehead atoms. The molecule has 1 saturated carbocycles. The summed E-state index contributed by atoms with van der Waals surface area (Å²) < 4.78 is 0.